The number of primary amides is 1. The van der Waals surface area contributed by atoms with Crippen molar-refractivity contribution in [2.75, 3.05) is 20.1 Å². The number of halogens is 1. The summed E-state index contributed by atoms with van der Waals surface area (Å²) in [5.74, 6) is -0.295. The van der Waals surface area contributed by atoms with Crippen molar-refractivity contribution >= 4 is 34.6 Å². The molecule has 0 radical (unpaired) electrons. The lowest BCUT2D eigenvalue weighted by atomic mass is 9.87. The Balaban J connectivity index is 1.53. The molecule has 6 heteroatoms. The minimum absolute atomic E-state index is 0.0988. The molecule has 1 aliphatic carbocycles. The minimum Gasteiger partial charge on any atom is -0.366 e. The molecule has 1 aliphatic heterocycles. The van der Waals surface area contributed by atoms with Crippen LogP contribution in [0.25, 0.3) is 0 Å². The molecule has 0 spiro atoms. The zero-order valence-corrected chi connectivity index (χ0v) is 17.7. The Morgan fingerprint density at radius 2 is 1.93 bits per heavy atom. The van der Waals surface area contributed by atoms with Gasteiger partial charge in [0.15, 0.2) is 0 Å². The first kappa shape index (κ1) is 19.6. The quantitative estimate of drug-likeness (QED) is 0.730. The van der Waals surface area contributed by atoms with Gasteiger partial charge in [-0.1, -0.05) is 23.7 Å². The number of Topliss-reactive ketones (excluding diaryl/α,β-unsaturated/α-hetero) is 1. The minimum atomic E-state index is -0.394. The van der Waals surface area contributed by atoms with Crippen molar-refractivity contribution in [3.63, 3.8) is 0 Å². The Labute approximate surface area is 174 Å². The van der Waals surface area contributed by atoms with E-state index in [1.54, 1.807) is 23.5 Å². The molecule has 1 fully saturated rings. The Morgan fingerprint density at radius 3 is 2.54 bits per heavy atom. The van der Waals surface area contributed by atoms with E-state index in [1.807, 2.05) is 12.1 Å². The van der Waals surface area contributed by atoms with E-state index in [9.17, 15) is 9.59 Å². The number of hydrogen-bond acceptors (Lipinski definition) is 3. The van der Waals surface area contributed by atoms with Gasteiger partial charge in [-0.3, -0.25) is 9.59 Å². The fourth-order valence-electron chi connectivity index (χ4n) is 4.66. The monoisotopic (exact) mass is 417 g/mol. The van der Waals surface area contributed by atoms with Crippen LogP contribution in [0.2, 0.25) is 5.02 Å². The molecule has 2 N–H and O–H groups in total. The number of carbonyl (C=O) groups is 2. The van der Waals surface area contributed by atoms with Gasteiger partial charge >= 0.3 is 0 Å². The maximum atomic E-state index is 12.7. The second-order valence-corrected chi connectivity index (χ2v) is 9.99. The molecule has 28 heavy (non-hydrogen) atoms. The maximum Gasteiger partial charge on any atom is 0.250 e. The molecule has 2 aromatic rings. The molecule has 2 aliphatic rings. The summed E-state index contributed by atoms with van der Waals surface area (Å²) in [7, 11) is 2.35. The molecule has 1 atom stereocenters. The van der Waals surface area contributed by atoms with E-state index in [0.717, 1.165) is 39.7 Å². The van der Waals surface area contributed by atoms with Gasteiger partial charge in [0, 0.05) is 46.9 Å². The standard InChI is InChI=1S/C22H25ClN2O2S/c1-25(9-2-10-25)16-7-8-18-19(12-16)28-20(21(18)22(24)27)13-17(26)11-14-3-5-15(23)6-4-14/h3-6,16H,2,7-13H2,1H3,(H-,24,27)/p+1. The molecule has 0 saturated carbocycles. The second-order valence-electron chi connectivity index (χ2n) is 8.36. The van der Waals surface area contributed by atoms with Crippen LogP contribution < -0.4 is 5.73 Å². The lowest BCUT2D eigenvalue weighted by molar-refractivity contribution is -0.969. The summed E-state index contributed by atoms with van der Waals surface area (Å²) < 4.78 is 1.15. The zero-order chi connectivity index (χ0) is 19.9. The van der Waals surface area contributed by atoms with Crippen molar-refractivity contribution in [3.05, 3.63) is 55.7 Å². The van der Waals surface area contributed by atoms with E-state index >= 15 is 0 Å². The van der Waals surface area contributed by atoms with Gasteiger partial charge in [0.25, 0.3) is 0 Å². The highest BCUT2D eigenvalue weighted by Crippen LogP contribution is 2.39. The SMILES string of the molecule is C[N+]1(C2CCc3c(sc(CC(=O)Cc4ccc(Cl)cc4)c3C(N)=O)C2)CCC1. The molecule has 1 aromatic carbocycles. The smallest absolute Gasteiger partial charge is 0.250 e. The fraction of sp³-hybridized carbons (Fsp3) is 0.455. The Morgan fingerprint density at radius 1 is 1.21 bits per heavy atom. The van der Waals surface area contributed by atoms with Crippen molar-refractivity contribution in [1.29, 1.82) is 0 Å². The molecule has 0 bridgehead atoms. The van der Waals surface area contributed by atoms with Gasteiger partial charge in [-0.2, -0.15) is 0 Å². The van der Waals surface area contributed by atoms with E-state index in [1.165, 1.54) is 24.4 Å². The highest BCUT2D eigenvalue weighted by molar-refractivity contribution is 7.12. The highest BCUT2D eigenvalue weighted by atomic mass is 35.5. The molecular weight excluding hydrogens is 392 g/mol. The van der Waals surface area contributed by atoms with Crippen LogP contribution in [0.1, 0.15) is 44.1 Å². The first-order valence-electron chi connectivity index (χ1n) is 9.89. The van der Waals surface area contributed by atoms with Crippen LogP contribution in [0, 0.1) is 0 Å². The molecule has 1 saturated heterocycles. The molecule has 4 rings (SSSR count). The molecule has 2 heterocycles. The Hall–Kier alpha value is -1.69. The van der Waals surface area contributed by atoms with E-state index in [2.05, 4.69) is 7.05 Å². The van der Waals surface area contributed by atoms with Gasteiger partial charge in [-0.25, -0.2) is 0 Å². The summed E-state index contributed by atoms with van der Waals surface area (Å²) in [5.41, 5.74) is 8.39. The first-order chi connectivity index (χ1) is 13.4. The van der Waals surface area contributed by atoms with Crippen LogP contribution in [0.5, 0.6) is 0 Å². The number of fused-ring (bicyclic) bond motifs is 1. The number of likely N-dealkylation sites (tertiary alicyclic amines) is 1. The van der Waals surface area contributed by atoms with Gasteiger partial charge in [0.1, 0.15) is 5.78 Å². The number of nitrogens with zero attached hydrogens (tertiary/aromatic N) is 1. The third-order valence-corrected chi connectivity index (χ3v) is 7.96. The molecule has 1 aromatic heterocycles. The zero-order valence-electron chi connectivity index (χ0n) is 16.2. The Kier molecular flexibility index (Phi) is 5.34. The highest BCUT2D eigenvalue weighted by Gasteiger charge is 2.42. The number of nitrogens with two attached hydrogens (primary N) is 1. The number of likely N-dealkylation sites (N-methyl/N-ethyl adjacent to an activating group) is 1. The summed E-state index contributed by atoms with van der Waals surface area (Å²) in [4.78, 5) is 26.9. The van der Waals surface area contributed by atoms with Gasteiger partial charge in [0.05, 0.1) is 31.7 Å². The third-order valence-electron chi connectivity index (χ3n) is 6.45. The molecule has 1 unspecified atom stereocenters. The third kappa shape index (κ3) is 3.76. The number of rotatable bonds is 6. The Bertz CT molecular complexity index is 915. The number of amides is 1. The van der Waals surface area contributed by atoms with E-state index in [0.29, 0.717) is 23.0 Å². The maximum absolute atomic E-state index is 12.7. The van der Waals surface area contributed by atoms with Crippen LogP contribution >= 0.6 is 22.9 Å². The topological polar surface area (TPSA) is 60.2 Å². The van der Waals surface area contributed by atoms with Crippen LogP contribution in [0.3, 0.4) is 0 Å². The fourth-order valence-corrected chi connectivity index (χ4v) is 6.25. The summed E-state index contributed by atoms with van der Waals surface area (Å²) >= 11 is 7.55. The van der Waals surface area contributed by atoms with Crippen LogP contribution in [-0.4, -0.2) is 42.4 Å². The summed E-state index contributed by atoms with van der Waals surface area (Å²) in [5, 5.41) is 0.659. The van der Waals surface area contributed by atoms with Crippen LogP contribution in [-0.2, 0) is 30.5 Å². The van der Waals surface area contributed by atoms with Crippen molar-refractivity contribution in [2.45, 2.75) is 44.6 Å². The van der Waals surface area contributed by atoms with E-state index < -0.39 is 5.91 Å². The second kappa shape index (κ2) is 7.62. The van der Waals surface area contributed by atoms with Gasteiger partial charge < -0.3 is 10.2 Å². The normalized spacial score (nSPS) is 20.3. The number of carbonyl (C=O) groups excluding carboxylic acids is 2. The van der Waals surface area contributed by atoms with Crippen molar-refractivity contribution in [3.8, 4) is 0 Å². The number of thiophene rings is 1. The lowest BCUT2D eigenvalue weighted by Crippen LogP contribution is -2.62. The summed E-state index contributed by atoms with van der Waals surface area (Å²) in [6.45, 7) is 2.50. The van der Waals surface area contributed by atoms with E-state index in [4.69, 9.17) is 17.3 Å². The van der Waals surface area contributed by atoms with Crippen LogP contribution in [0.4, 0.5) is 0 Å². The molecule has 4 nitrogen and oxygen atoms in total. The lowest BCUT2D eigenvalue weighted by Gasteiger charge is -2.49. The van der Waals surface area contributed by atoms with E-state index in [-0.39, 0.29) is 12.2 Å². The number of hydrogen-bond donors (Lipinski definition) is 1. The number of quaternary nitrogens is 1. The van der Waals surface area contributed by atoms with Crippen molar-refractivity contribution < 1.29 is 14.1 Å². The number of ketones is 1. The van der Waals surface area contributed by atoms with Crippen molar-refractivity contribution in [1.82, 2.24) is 0 Å². The molecule has 1 amide bonds. The van der Waals surface area contributed by atoms with Crippen molar-refractivity contribution in [2.24, 2.45) is 5.73 Å². The van der Waals surface area contributed by atoms with Crippen LogP contribution in [0.15, 0.2) is 24.3 Å². The molecular formula is C22H26ClN2O2S+. The van der Waals surface area contributed by atoms with Gasteiger partial charge in [-0.05, 0) is 29.7 Å². The summed E-state index contributed by atoms with van der Waals surface area (Å²) in [6.07, 6.45) is 4.92. The summed E-state index contributed by atoms with van der Waals surface area (Å²) in [6, 6.07) is 7.95. The number of benzene rings is 1. The molecule has 148 valence electrons. The first-order valence-corrected chi connectivity index (χ1v) is 11.1. The van der Waals surface area contributed by atoms with Gasteiger partial charge in [0.2, 0.25) is 5.91 Å². The van der Waals surface area contributed by atoms with Gasteiger partial charge in [-0.15, -0.1) is 11.3 Å². The average molecular weight is 418 g/mol. The predicted molar refractivity (Wildman–Crippen MR) is 113 cm³/mol. The predicted octanol–water partition coefficient (Wildman–Crippen LogP) is 3.56. The average Bonchev–Trinajstić information content (AvgIpc) is 2.98. The largest absolute Gasteiger partial charge is 0.366 e.